The van der Waals surface area contributed by atoms with E-state index in [9.17, 15) is 4.79 Å². The second-order valence-electron chi connectivity index (χ2n) is 6.37. The number of nitrogens with zero attached hydrogens (tertiary/aromatic N) is 1. The third-order valence-electron chi connectivity index (χ3n) is 4.69. The van der Waals surface area contributed by atoms with Crippen molar-refractivity contribution in [1.29, 1.82) is 0 Å². The molecule has 114 valence electrons. The monoisotopic (exact) mass is 297 g/mol. The van der Waals surface area contributed by atoms with Crippen LogP contribution in [0.5, 0.6) is 0 Å². The van der Waals surface area contributed by atoms with Gasteiger partial charge in [0.1, 0.15) is 0 Å². The molecule has 5 heteroatoms. The summed E-state index contributed by atoms with van der Waals surface area (Å²) in [7, 11) is 0. The maximum atomic E-state index is 12.0. The molecule has 1 amide bonds. The van der Waals surface area contributed by atoms with Gasteiger partial charge < -0.3 is 15.5 Å². The molecule has 0 aromatic carbocycles. The minimum atomic E-state index is 0.249. The molecule has 20 heavy (non-hydrogen) atoms. The molecular formula is C15H27N3OS. The average molecular weight is 297 g/mol. The number of likely N-dealkylation sites (tertiary alicyclic amines) is 1. The van der Waals surface area contributed by atoms with Crippen LogP contribution in [-0.2, 0) is 4.79 Å². The van der Waals surface area contributed by atoms with Gasteiger partial charge in [0.2, 0.25) is 5.91 Å². The minimum Gasteiger partial charge on any atom is -0.353 e. The molecule has 0 aromatic rings. The highest BCUT2D eigenvalue weighted by molar-refractivity contribution is 8.00. The van der Waals surface area contributed by atoms with Crippen molar-refractivity contribution in [3.05, 3.63) is 0 Å². The van der Waals surface area contributed by atoms with E-state index < -0.39 is 0 Å². The van der Waals surface area contributed by atoms with Gasteiger partial charge in [-0.1, -0.05) is 0 Å². The van der Waals surface area contributed by atoms with Crippen LogP contribution in [0.1, 0.15) is 38.5 Å². The molecule has 0 unspecified atom stereocenters. The topological polar surface area (TPSA) is 44.4 Å². The summed E-state index contributed by atoms with van der Waals surface area (Å²) >= 11 is 1.85. The van der Waals surface area contributed by atoms with E-state index in [-0.39, 0.29) is 5.91 Å². The van der Waals surface area contributed by atoms with E-state index in [0.717, 1.165) is 32.0 Å². The average Bonchev–Trinajstić information content (AvgIpc) is 3.32. The summed E-state index contributed by atoms with van der Waals surface area (Å²) in [5.41, 5.74) is 0. The van der Waals surface area contributed by atoms with Crippen LogP contribution in [0.2, 0.25) is 0 Å². The van der Waals surface area contributed by atoms with E-state index in [0.29, 0.717) is 17.0 Å². The Kier molecular flexibility index (Phi) is 5.24. The molecular weight excluding hydrogens is 270 g/mol. The highest BCUT2D eigenvalue weighted by Gasteiger charge is 2.32. The number of hydrogen-bond acceptors (Lipinski definition) is 4. The van der Waals surface area contributed by atoms with E-state index in [1.165, 1.54) is 38.8 Å². The molecule has 0 spiro atoms. The SMILES string of the molecule is O=C(CSC1CCNCC1)NC1CCN(C2CC2)CC1. The van der Waals surface area contributed by atoms with E-state index in [4.69, 9.17) is 0 Å². The highest BCUT2D eigenvalue weighted by atomic mass is 32.2. The Balaban J connectivity index is 1.30. The second-order valence-corrected chi connectivity index (χ2v) is 7.66. The smallest absolute Gasteiger partial charge is 0.230 e. The zero-order valence-electron chi connectivity index (χ0n) is 12.3. The molecule has 1 saturated carbocycles. The molecule has 3 rings (SSSR count). The molecule has 2 N–H and O–H groups in total. The fraction of sp³-hybridized carbons (Fsp3) is 0.933. The molecule has 0 bridgehead atoms. The van der Waals surface area contributed by atoms with Crippen molar-refractivity contribution in [3.8, 4) is 0 Å². The van der Waals surface area contributed by atoms with Crippen molar-refractivity contribution in [2.45, 2.75) is 55.9 Å². The maximum absolute atomic E-state index is 12.0. The number of thioether (sulfide) groups is 1. The Morgan fingerprint density at radius 2 is 1.80 bits per heavy atom. The van der Waals surface area contributed by atoms with Crippen molar-refractivity contribution in [2.24, 2.45) is 0 Å². The van der Waals surface area contributed by atoms with Crippen molar-refractivity contribution in [3.63, 3.8) is 0 Å². The lowest BCUT2D eigenvalue weighted by atomic mass is 10.1. The van der Waals surface area contributed by atoms with Crippen LogP contribution in [0.3, 0.4) is 0 Å². The fourth-order valence-electron chi connectivity index (χ4n) is 3.27. The van der Waals surface area contributed by atoms with E-state index >= 15 is 0 Å². The molecule has 2 heterocycles. The van der Waals surface area contributed by atoms with E-state index in [1.807, 2.05) is 11.8 Å². The lowest BCUT2D eigenvalue weighted by Crippen LogP contribution is -2.45. The number of nitrogens with one attached hydrogen (secondary N) is 2. The number of carbonyl (C=O) groups is 1. The third-order valence-corrected chi connectivity index (χ3v) is 6.07. The standard InChI is InChI=1S/C15H27N3OS/c19-15(11-20-14-3-7-16-8-4-14)17-12-5-9-18(10-6-12)13-1-2-13/h12-14,16H,1-11H2,(H,17,19). The summed E-state index contributed by atoms with van der Waals surface area (Å²) < 4.78 is 0. The largest absolute Gasteiger partial charge is 0.353 e. The van der Waals surface area contributed by atoms with Crippen molar-refractivity contribution in [2.75, 3.05) is 31.9 Å². The Morgan fingerprint density at radius 1 is 1.10 bits per heavy atom. The Hall–Kier alpha value is -0.260. The van der Waals surface area contributed by atoms with Gasteiger partial charge >= 0.3 is 0 Å². The van der Waals surface area contributed by atoms with Gasteiger partial charge in [0.15, 0.2) is 0 Å². The predicted molar refractivity (Wildman–Crippen MR) is 84.1 cm³/mol. The van der Waals surface area contributed by atoms with Gasteiger partial charge in [-0.05, 0) is 51.6 Å². The summed E-state index contributed by atoms with van der Waals surface area (Å²) in [4.78, 5) is 14.6. The van der Waals surface area contributed by atoms with Gasteiger partial charge in [-0.3, -0.25) is 4.79 Å². The first-order valence-electron chi connectivity index (χ1n) is 8.17. The number of carbonyl (C=O) groups excluding carboxylic acids is 1. The quantitative estimate of drug-likeness (QED) is 0.801. The van der Waals surface area contributed by atoms with Crippen LogP contribution in [-0.4, -0.2) is 60.1 Å². The van der Waals surface area contributed by atoms with Crippen LogP contribution in [0, 0.1) is 0 Å². The third kappa shape index (κ3) is 4.37. The summed E-state index contributed by atoms with van der Waals surface area (Å²) in [5.74, 6) is 0.895. The Labute approximate surface area is 126 Å². The second kappa shape index (κ2) is 7.14. The first-order valence-corrected chi connectivity index (χ1v) is 9.22. The van der Waals surface area contributed by atoms with Crippen LogP contribution in [0.25, 0.3) is 0 Å². The lowest BCUT2D eigenvalue weighted by Gasteiger charge is -2.32. The number of amides is 1. The number of piperidine rings is 2. The molecule has 0 aromatic heterocycles. The van der Waals surface area contributed by atoms with Crippen LogP contribution >= 0.6 is 11.8 Å². The van der Waals surface area contributed by atoms with Crippen LogP contribution in [0.4, 0.5) is 0 Å². The van der Waals surface area contributed by atoms with Crippen LogP contribution in [0.15, 0.2) is 0 Å². The van der Waals surface area contributed by atoms with Gasteiger partial charge in [-0.15, -0.1) is 11.8 Å². The molecule has 2 saturated heterocycles. The summed E-state index contributed by atoms with van der Waals surface area (Å²) in [6.07, 6.45) is 7.48. The van der Waals surface area contributed by atoms with Gasteiger partial charge in [0, 0.05) is 30.4 Å². The maximum Gasteiger partial charge on any atom is 0.230 e. The van der Waals surface area contributed by atoms with E-state index in [2.05, 4.69) is 15.5 Å². The molecule has 2 aliphatic heterocycles. The molecule has 3 aliphatic rings. The molecule has 4 nitrogen and oxygen atoms in total. The Bertz CT molecular complexity index is 321. The van der Waals surface area contributed by atoms with Crippen molar-refractivity contribution < 1.29 is 4.79 Å². The zero-order chi connectivity index (χ0) is 13.8. The minimum absolute atomic E-state index is 0.249. The molecule has 3 fully saturated rings. The Morgan fingerprint density at radius 3 is 2.45 bits per heavy atom. The normalized spacial score (nSPS) is 26.6. The molecule has 0 radical (unpaired) electrons. The number of rotatable bonds is 5. The lowest BCUT2D eigenvalue weighted by molar-refractivity contribution is -0.119. The summed E-state index contributed by atoms with van der Waals surface area (Å²) in [6.45, 7) is 4.58. The molecule has 0 atom stereocenters. The predicted octanol–water partition coefficient (Wildman–Crippen LogP) is 1.21. The van der Waals surface area contributed by atoms with Crippen LogP contribution < -0.4 is 10.6 Å². The zero-order valence-corrected chi connectivity index (χ0v) is 13.1. The first kappa shape index (κ1) is 14.7. The van der Waals surface area contributed by atoms with Gasteiger partial charge in [0.05, 0.1) is 5.75 Å². The summed E-state index contributed by atoms with van der Waals surface area (Å²) in [6, 6.07) is 1.30. The van der Waals surface area contributed by atoms with Crippen molar-refractivity contribution >= 4 is 17.7 Å². The van der Waals surface area contributed by atoms with Gasteiger partial charge in [-0.2, -0.15) is 0 Å². The first-order chi connectivity index (χ1) is 9.81. The van der Waals surface area contributed by atoms with Gasteiger partial charge in [0.25, 0.3) is 0 Å². The van der Waals surface area contributed by atoms with E-state index in [1.54, 1.807) is 0 Å². The highest BCUT2D eigenvalue weighted by Crippen LogP contribution is 2.29. The fourth-order valence-corrected chi connectivity index (χ4v) is 4.31. The number of hydrogen-bond donors (Lipinski definition) is 2. The summed E-state index contributed by atoms with van der Waals surface area (Å²) in [5, 5.41) is 7.28. The van der Waals surface area contributed by atoms with Crippen molar-refractivity contribution in [1.82, 2.24) is 15.5 Å². The molecule has 1 aliphatic carbocycles. The van der Waals surface area contributed by atoms with Gasteiger partial charge in [-0.25, -0.2) is 0 Å².